The zero-order valence-corrected chi connectivity index (χ0v) is 12.7. The van der Waals surface area contributed by atoms with Gasteiger partial charge in [0.25, 0.3) is 0 Å². The molecule has 3 heteroatoms. The Bertz CT molecular complexity index is 386. The van der Waals surface area contributed by atoms with Gasteiger partial charge in [0.1, 0.15) is 0 Å². The van der Waals surface area contributed by atoms with Gasteiger partial charge in [0.15, 0.2) is 0 Å². The fourth-order valence-electron chi connectivity index (χ4n) is 3.52. The fraction of sp³-hybridized carbons (Fsp3) is 0.812. The SMILES string of the molecule is CC(C)C1CCC(CN)(CCc2ccnn2C)CC1. The second kappa shape index (κ2) is 6.08. The molecular weight excluding hydrogens is 234 g/mol. The van der Waals surface area contributed by atoms with Crippen LogP contribution in [-0.4, -0.2) is 16.3 Å². The van der Waals surface area contributed by atoms with Gasteiger partial charge in [-0.3, -0.25) is 4.68 Å². The van der Waals surface area contributed by atoms with Crippen molar-refractivity contribution in [3.63, 3.8) is 0 Å². The van der Waals surface area contributed by atoms with E-state index in [1.807, 2.05) is 17.9 Å². The molecular formula is C16H29N3. The second-order valence-electron chi connectivity index (χ2n) is 6.73. The van der Waals surface area contributed by atoms with Gasteiger partial charge in [-0.1, -0.05) is 13.8 Å². The van der Waals surface area contributed by atoms with Crippen molar-refractivity contribution in [1.29, 1.82) is 0 Å². The molecule has 1 saturated carbocycles. The van der Waals surface area contributed by atoms with E-state index in [4.69, 9.17) is 5.73 Å². The largest absolute Gasteiger partial charge is 0.330 e. The summed E-state index contributed by atoms with van der Waals surface area (Å²) in [5, 5.41) is 4.25. The van der Waals surface area contributed by atoms with E-state index in [2.05, 4.69) is 25.0 Å². The molecule has 0 radical (unpaired) electrons. The smallest absolute Gasteiger partial charge is 0.0492 e. The first-order valence-corrected chi connectivity index (χ1v) is 7.73. The zero-order chi connectivity index (χ0) is 13.9. The molecule has 0 saturated heterocycles. The summed E-state index contributed by atoms with van der Waals surface area (Å²) in [6, 6.07) is 2.13. The van der Waals surface area contributed by atoms with E-state index in [-0.39, 0.29) is 0 Å². The average Bonchev–Trinajstić information content (AvgIpc) is 2.82. The molecule has 0 unspecified atom stereocenters. The molecule has 1 aliphatic carbocycles. The standard InChI is InChI=1S/C16H29N3/c1-13(2)14-4-8-16(12-17,9-5-14)10-6-15-7-11-18-19(15)3/h7,11,13-14H,4-6,8-10,12,17H2,1-3H3. The molecule has 0 amide bonds. The van der Waals surface area contributed by atoms with Crippen molar-refractivity contribution in [1.82, 2.24) is 9.78 Å². The third kappa shape index (κ3) is 3.38. The van der Waals surface area contributed by atoms with Crippen LogP contribution in [0.3, 0.4) is 0 Å². The van der Waals surface area contributed by atoms with Crippen LogP contribution in [0, 0.1) is 17.3 Å². The first-order chi connectivity index (χ1) is 9.06. The van der Waals surface area contributed by atoms with E-state index in [1.165, 1.54) is 37.8 Å². The maximum atomic E-state index is 6.11. The predicted molar refractivity (Wildman–Crippen MR) is 79.8 cm³/mol. The average molecular weight is 263 g/mol. The Balaban J connectivity index is 1.91. The Morgan fingerprint density at radius 1 is 1.42 bits per heavy atom. The van der Waals surface area contributed by atoms with Crippen LogP contribution in [0.4, 0.5) is 0 Å². The summed E-state index contributed by atoms with van der Waals surface area (Å²) in [6.07, 6.45) is 9.56. The molecule has 0 atom stereocenters. The van der Waals surface area contributed by atoms with Crippen LogP contribution in [0.25, 0.3) is 0 Å². The van der Waals surface area contributed by atoms with Gasteiger partial charge in [0, 0.05) is 18.9 Å². The van der Waals surface area contributed by atoms with Gasteiger partial charge in [-0.2, -0.15) is 5.10 Å². The van der Waals surface area contributed by atoms with E-state index in [9.17, 15) is 0 Å². The molecule has 0 spiro atoms. The molecule has 1 fully saturated rings. The summed E-state index contributed by atoms with van der Waals surface area (Å²) in [5.74, 6) is 1.74. The lowest BCUT2D eigenvalue weighted by molar-refractivity contribution is 0.123. The first kappa shape index (κ1) is 14.6. The van der Waals surface area contributed by atoms with Crippen LogP contribution in [0.5, 0.6) is 0 Å². The number of hydrogen-bond donors (Lipinski definition) is 1. The Hall–Kier alpha value is -0.830. The van der Waals surface area contributed by atoms with Crippen LogP contribution in [-0.2, 0) is 13.5 Å². The summed E-state index contributed by atoms with van der Waals surface area (Å²) in [6.45, 7) is 5.56. The molecule has 2 rings (SSSR count). The van der Waals surface area contributed by atoms with Crippen LogP contribution >= 0.6 is 0 Å². The van der Waals surface area contributed by atoms with Crippen molar-refractivity contribution in [2.45, 2.75) is 52.4 Å². The second-order valence-corrected chi connectivity index (χ2v) is 6.73. The first-order valence-electron chi connectivity index (χ1n) is 7.73. The lowest BCUT2D eigenvalue weighted by Gasteiger charge is -2.41. The van der Waals surface area contributed by atoms with E-state index in [1.54, 1.807) is 0 Å². The third-order valence-electron chi connectivity index (χ3n) is 5.30. The van der Waals surface area contributed by atoms with Crippen LogP contribution < -0.4 is 5.73 Å². The van der Waals surface area contributed by atoms with Crippen molar-refractivity contribution in [2.24, 2.45) is 30.0 Å². The lowest BCUT2D eigenvalue weighted by Crippen LogP contribution is -2.36. The normalized spacial score (nSPS) is 27.9. The molecule has 1 heterocycles. The number of aromatic nitrogens is 2. The van der Waals surface area contributed by atoms with Crippen molar-refractivity contribution in [3.8, 4) is 0 Å². The lowest BCUT2D eigenvalue weighted by atomic mass is 9.66. The highest BCUT2D eigenvalue weighted by Gasteiger charge is 2.34. The molecule has 19 heavy (non-hydrogen) atoms. The Kier molecular flexibility index (Phi) is 4.67. The summed E-state index contributed by atoms with van der Waals surface area (Å²) in [4.78, 5) is 0. The van der Waals surface area contributed by atoms with E-state index in [0.717, 1.165) is 24.8 Å². The van der Waals surface area contributed by atoms with Gasteiger partial charge in [-0.25, -0.2) is 0 Å². The molecule has 0 bridgehead atoms. The number of rotatable bonds is 5. The van der Waals surface area contributed by atoms with Crippen LogP contribution in [0.2, 0.25) is 0 Å². The third-order valence-corrected chi connectivity index (χ3v) is 5.30. The number of hydrogen-bond acceptors (Lipinski definition) is 2. The van der Waals surface area contributed by atoms with E-state index >= 15 is 0 Å². The zero-order valence-electron chi connectivity index (χ0n) is 12.7. The van der Waals surface area contributed by atoms with E-state index in [0.29, 0.717) is 5.41 Å². The van der Waals surface area contributed by atoms with Gasteiger partial charge < -0.3 is 5.73 Å². The number of nitrogens with zero attached hydrogens (tertiary/aromatic N) is 2. The minimum Gasteiger partial charge on any atom is -0.330 e. The highest BCUT2D eigenvalue weighted by molar-refractivity contribution is 5.01. The molecule has 1 aliphatic rings. The van der Waals surface area contributed by atoms with Crippen molar-refractivity contribution in [3.05, 3.63) is 18.0 Å². The fourth-order valence-corrected chi connectivity index (χ4v) is 3.52. The van der Waals surface area contributed by atoms with Crippen molar-refractivity contribution >= 4 is 0 Å². The van der Waals surface area contributed by atoms with Gasteiger partial charge >= 0.3 is 0 Å². The van der Waals surface area contributed by atoms with Gasteiger partial charge in [-0.05, 0) is 68.4 Å². The van der Waals surface area contributed by atoms with Gasteiger partial charge in [-0.15, -0.1) is 0 Å². The summed E-state index contributed by atoms with van der Waals surface area (Å²) in [7, 11) is 2.03. The van der Waals surface area contributed by atoms with Crippen LogP contribution in [0.1, 0.15) is 51.6 Å². The van der Waals surface area contributed by atoms with E-state index < -0.39 is 0 Å². The highest BCUT2D eigenvalue weighted by atomic mass is 15.2. The molecule has 1 aromatic heterocycles. The van der Waals surface area contributed by atoms with Crippen molar-refractivity contribution in [2.75, 3.05) is 6.54 Å². The highest BCUT2D eigenvalue weighted by Crippen LogP contribution is 2.43. The quantitative estimate of drug-likeness (QED) is 0.887. The maximum Gasteiger partial charge on any atom is 0.0492 e. The number of aryl methyl sites for hydroxylation is 2. The topological polar surface area (TPSA) is 43.8 Å². The molecule has 0 aromatic carbocycles. The Morgan fingerprint density at radius 3 is 2.58 bits per heavy atom. The Morgan fingerprint density at radius 2 is 2.11 bits per heavy atom. The molecule has 2 N–H and O–H groups in total. The summed E-state index contributed by atoms with van der Waals surface area (Å²) in [5.41, 5.74) is 7.83. The molecule has 108 valence electrons. The predicted octanol–water partition coefficient (Wildman–Crippen LogP) is 3.14. The number of nitrogens with two attached hydrogens (primary N) is 1. The van der Waals surface area contributed by atoms with Crippen LogP contribution in [0.15, 0.2) is 12.3 Å². The monoisotopic (exact) mass is 263 g/mol. The molecule has 1 aromatic rings. The molecule has 0 aliphatic heterocycles. The van der Waals surface area contributed by atoms with Crippen molar-refractivity contribution < 1.29 is 0 Å². The van der Waals surface area contributed by atoms with Gasteiger partial charge in [0.2, 0.25) is 0 Å². The Labute approximate surface area is 117 Å². The minimum absolute atomic E-state index is 0.385. The molecule has 3 nitrogen and oxygen atoms in total. The minimum atomic E-state index is 0.385. The van der Waals surface area contributed by atoms with Gasteiger partial charge in [0.05, 0.1) is 0 Å². The maximum absolute atomic E-state index is 6.11. The summed E-state index contributed by atoms with van der Waals surface area (Å²) >= 11 is 0. The summed E-state index contributed by atoms with van der Waals surface area (Å²) < 4.78 is 1.99.